The summed E-state index contributed by atoms with van der Waals surface area (Å²) in [5.41, 5.74) is 1.57. The number of nitrogens with one attached hydrogen (secondary N) is 1. The van der Waals surface area contributed by atoms with Gasteiger partial charge in [0.25, 0.3) is 0 Å². The quantitative estimate of drug-likeness (QED) is 0.764. The molecule has 0 unspecified atom stereocenters. The summed E-state index contributed by atoms with van der Waals surface area (Å²) in [6.45, 7) is 2.43. The first-order valence-corrected chi connectivity index (χ1v) is 8.46. The van der Waals surface area contributed by atoms with Gasteiger partial charge >= 0.3 is 0 Å². The molecule has 1 heterocycles. The number of benzene rings is 2. The van der Waals surface area contributed by atoms with E-state index >= 15 is 0 Å². The standard InChI is InChI=1S/C18H18FN3OS/c1-12(18(23)20-14-9-7-13(19)8-10-14)22(2)11-17-21-15-5-3-4-6-16(15)24-17/h3-10,12H,11H2,1-2H3,(H,20,23)/t12-/m0/s1. The highest BCUT2D eigenvalue weighted by molar-refractivity contribution is 7.18. The molecule has 0 bridgehead atoms. The zero-order valence-electron chi connectivity index (χ0n) is 13.5. The molecular weight excluding hydrogens is 325 g/mol. The third kappa shape index (κ3) is 3.77. The Kier molecular flexibility index (Phi) is 4.87. The van der Waals surface area contributed by atoms with Crippen LogP contribution >= 0.6 is 11.3 Å². The Balaban J connectivity index is 1.63. The number of aromatic nitrogens is 1. The Morgan fingerprint density at radius 2 is 1.96 bits per heavy atom. The molecule has 1 aromatic heterocycles. The Morgan fingerprint density at radius 3 is 2.67 bits per heavy atom. The molecular formula is C18H18FN3OS. The third-order valence-electron chi connectivity index (χ3n) is 3.88. The van der Waals surface area contributed by atoms with Crippen molar-refractivity contribution in [3.05, 3.63) is 59.4 Å². The number of hydrogen-bond donors (Lipinski definition) is 1. The smallest absolute Gasteiger partial charge is 0.241 e. The second kappa shape index (κ2) is 7.07. The number of para-hydroxylation sites is 1. The monoisotopic (exact) mass is 343 g/mol. The van der Waals surface area contributed by atoms with E-state index in [1.54, 1.807) is 23.5 Å². The molecule has 24 heavy (non-hydrogen) atoms. The van der Waals surface area contributed by atoms with Crippen LogP contribution in [0.2, 0.25) is 0 Å². The lowest BCUT2D eigenvalue weighted by Gasteiger charge is -2.22. The molecule has 6 heteroatoms. The van der Waals surface area contributed by atoms with Crippen molar-refractivity contribution in [1.29, 1.82) is 0 Å². The molecule has 124 valence electrons. The fraction of sp³-hybridized carbons (Fsp3) is 0.222. The van der Waals surface area contributed by atoms with Crippen LogP contribution in [0, 0.1) is 5.82 Å². The summed E-state index contributed by atoms with van der Waals surface area (Å²) in [5, 5.41) is 3.77. The largest absolute Gasteiger partial charge is 0.325 e. The summed E-state index contributed by atoms with van der Waals surface area (Å²) < 4.78 is 14.1. The van der Waals surface area contributed by atoms with Crippen LogP contribution in [0.3, 0.4) is 0 Å². The van der Waals surface area contributed by atoms with Crippen LogP contribution in [-0.2, 0) is 11.3 Å². The van der Waals surface area contributed by atoms with Crippen molar-refractivity contribution in [3.8, 4) is 0 Å². The van der Waals surface area contributed by atoms with E-state index in [1.165, 1.54) is 12.1 Å². The summed E-state index contributed by atoms with van der Waals surface area (Å²) in [6.07, 6.45) is 0. The molecule has 1 atom stereocenters. The molecule has 4 nitrogen and oxygen atoms in total. The van der Waals surface area contributed by atoms with Gasteiger partial charge in [0.05, 0.1) is 22.8 Å². The van der Waals surface area contributed by atoms with Gasteiger partial charge in [-0.2, -0.15) is 0 Å². The second-order valence-electron chi connectivity index (χ2n) is 5.66. The number of fused-ring (bicyclic) bond motifs is 1. The minimum absolute atomic E-state index is 0.134. The molecule has 1 amide bonds. The molecule has 3 rings (SSSR count). The average molecular weight is 343 g/mol. The third-order valence-corrected chi connectivity index (χ3v) is 4.90. The maximum Gasteiger partial charge on any atom is 0.241 e. The van der Waals surface area contributed by atoms with Crippen molar-refractivity contribution < 1.29 is 9.18 Å². The predicted octanol–water partition coefficient (Wildman–Crippen LogP) is 3.89. The molecule has 0 saturated heterocycles. The molecule has 0 aliphatic heterocycles. The molecule has 0 fully saturated rings. The SMILES string of the molecule is C[C@@H](C(=O)Nc1ccc(F)cc1)N(C)Cc1nc2ccccc2s1. The van der Waals surface area contributed by atoms with E-state index < -0.39 is 0 Å². The number of thiazole rings is 1. The van der Waals surface area contributed by atoms with Crippen molar-refractivity contribution in [3.63, 3.8) is 0 Å². The molecule has 2 aromatic carbocycles. The van der Waals surface area contributed by atoms with Crippen molar-refractivity contribution >= 4 is 33.1 Å². The van der Waals surface area contributed by atoms with Gasteiger partial charge in [0.2, 0.25) is 5.91 Å². The van der Waals surface area contributed by atoms with Crippen molar-refractivity contribution in [2.24, 2.45) is 0 Å². The van der Waals surface area contributed by atoms with E-state index in [9.17, 15) is 9.18 Å². The molecule has 1 N–H and O–H groups in total. The maximum absolute atomic E-state index is 12.9. The van der Waals surface area contributed by atoms with Crippen LogP contribution in [0.25, 0.3) is 10.2 Å². The number of carbonyl (C=O) groups is 1. The molecule has 0 saturated carbocycles. The van der Waals surface area contributed by atoms with Gasteiger partial charge in [-0.25, -0.2) is 9.37 Å². The molecule has 0 spiro atoms. The first kappa shape index (κ1) is 16.5. The van der Waals surface area contributed by atoms with Crippen LogP contribution < -0.4 is 5.32 Å². The lowest BCUT2D eigenvalue weighted by Crippen LogP contribution is -2.39. The van der Waals surface area contributed by atoms with Gasteiger partial charge in [-0.15, -0.1) is 11.3 Å². The number of likely N-dealkylation sites (N-methyl/N-ethyl adjacent to an activating group) is 1. The Bertz CT molecular complexity index is 814. The lowest BCUT2D eigenvalue weighted by atomic mass is 10.2. The number of halogens is 1. The topological polar surface area (TPSA) is 45.2 Å². The zero-order chi connectivity index (χ0) is 17.1. The Labute approximate surface area is 143 Å². The number of rotatable bonds is 5. The van der Waals surface area contributed by atoms with Crippen LogP contribution in [0.5, 0.6) is 0 Å². The molecule has 0 aliphatic carbocycles. The summed E-state index contributed by atoms with van der Waals surface area (Å²) in [4.78, 5) is 18.9. The van der Waals surface area contributed by atoms with E-state index in [0.717, 1.165) is 15.2 Å². The summed E-state index contributed by atoms with van der Waals surface area (Å²) in [7, 11) is 1.89. The van der Waals surface area contributed by atoms with E-state index in [4.69, 9.17) is 0 Å². The highest BCUT2D eigenvalue weighted by Gasteiger charge is 2.19. The summed E-state index contributed by atoms with van der Waals surface area (Å²) >= 11 is 1.63. The van der Waals surface area contributed by atoms with E-state index in [1.807, 2.05) is 43.1 Å². The van der Waals surface area contributed by atoms with E-state index in [2.05, 4.69) is 10.3 Å². The predicted molar refractivity (Wildman–Crippen MR) is 95.6 cm³/mol. The molecule has 3 aromatic rings. The number of hydrogen-bond acceptors (Lipinski definition) is 4. The minimum atomic E-state index is -0.331. The first-order valence-electron chi connectivity index (χ1n) is 7.64. The van der Waals surface area contributed by atoms with Crippen molar-refractivity contribution in [2.45, 2.75) is 19.5 Å². The number of anilines is 1. The van der Waals surface area contributed by atoms with Crippen molar-refractivity contribution in [2.75, 3.05) is 12.4 Å². The summed E-state index contributed by atoms with van der Waals surface area (Å²) in [6, 6.07) is 13.4. The molecule has 0 aliphatic rings. The maximum atomic E-state index is 12.9. The lowest BCUT2D eigenvalue weighted by molar-refractivity contribution is -0.120. The fourth-order valence-electron chi connectivity index (χ4n) is 2.32. The highest BCUT2D eigenvalue weighted by atomic mass is 32.1. The van der Waals surface area contributed by atoms with Gasteiger partial charge in [-0.05, 0) is 50.4 Å². The van der Waals surface area contributed by atoms with Crippen molar-refractivity contribution in [1.82, 2.24) is 9.88 Å². The zero-order valence-corrected chi connectivity index (χ0v) is 14.3. The van der Waals surface area contributed by atoms with Crippen LogP contribution in [-0.4, -0.2) is 28.9 Å². The highest BCUT2D eigenvalue weighted by Crippen LogP contribution is 2.23. The average Bonchev–Trinajstić information content (AvgIpc) is 2.98. The Hall–Kier alpha value is -2.31. The van der Waals surface area contributed by atoms with Gasteiger partial charge in [0.1, 0.15) is 10.8 Å². The van der Waals surface area contributed by atoms with Gasteiger partial charge < -0.3 is 5.32 Å². The fourth-order valence-corrected chi connectivity index (χ4v) is 3.35. The van der Waals surface area contributed by atoms with Gasteiger partial charge in [-0.3, -0.25) is 9.69 Å². The number of nitrogens with zero attached hydrogens (tertiary/aromatic N) is 2. The molecule has 0 radical (unpaired) electrons. The van der Waals surface area contributed by atoms with Crippen LogP contribution in [0.15, 0.2) is 48.5 Å². The minimum Gasteiger partial charge on any atom is -0.325 e. The van der Waals surface area contributed by atoms with Crippen LogP contribution in [0.1, 0.15) is 11.9 Å². The van der Waals surface area contributed by atoms with Gasteiger partial charge in [0.15, 0.2) is 0 Å². The first-order chi connectivity index (χ1) is 11.5. The second-order valence-corrected chi connectivity index (χ2v) is 6.78. The normalized spacial score (nSPS) is 12.5. The van der Waals surface area contributed by atoms with E-state index in [0.29, 0.717) is 12.2 Å². The van der Waals surface area contributed by atoms with Gasteiger partial charge in [-0.1, -0.05) is 12.1 Å². The van der Waals surface area contributed by atoms with E-state index in [-0.39, 0.29) is 17.8 Å². The number of amides is 1. The summed E-state index contributed by atoms with van der Waals surface area (Å²) in [5.74, 6) is -0.459. The number of carbonyl (C=O) groups excluding carboxylic acids is 1. The van der Waals surface area contributed by atoms with Gasteiger partial charge in [0, 0.05) is 5.69 Å². The van der Waals surface area contributed by atoms with Crippen LogP contribution in [0.4, 0.5) is 10.1 Å². The Morgan fingerprint density at radius 1 is 1.25 bits per heavy atom.